The second-order valence-corrected chi connectivity index (χ2v) is 10.5. The molecule has 1 aliphatic rings. The minimum Gasteiger partial charge on any atom is -0.492 e. The number of nitrogens with one attached hydrogen (secondary N) is 1. The predicted octanol–water partition coefficient (Wildman–Crippen LogP) is 3.57. The van der Waals surface area contributed by atoms with Gasteiger partial charge in [0.25, 0.3) is 5.91 Å². The molecular weight excluding hydrogens is 574 g/mol. The molecule has 2 aromatic rings. The fraction of sp³-hybridized carbons (Fsp3) is 0.387. The number of nitrogens with zero attached hydrogens (tertiary/aromatic N) is 4. The molecule has 3 N–H and O–H groups in total. The number of benzene rings is 1. The highest BCUT2D eigenvalue weighted by molar-refractivity contribution is 6.29. The lowest BCUT2D eigenvalue weighted by Crippen LogP contribution is -2.48. The van der Waals surface area contributed by atoms with E-state index in [1.807, 2.05) is 49.1 Å². The Kier molecular flexibility index (Phi) is 12.3. The lowest BCUT2D eigenvalue weighted by atomic mass is 9.84. The van der Waals surface area contributed by atoms with Crippen LogP contribution in [-0.4, -0.2) is 88.7 Å². The first kappa shape index (κ1) is 33.3. The lowest BCUT2D eigenvalue weighted by molar-refractivity contribution is -0.135. The lowest BCUT2D eigenvalue weighted by Gasteiger charge is -2.34. The third kappa shape index (κ3) is 9.64. The van der Waals surface area contributed by atoms with E-state index in [0.29, 0.717) is 63.6 Å². The normalized spacial score (nSPS) is 15.0. The number of carboxylic acids is 2. The van der Waals surface area contributed by atoms with Crippen molar-refractivity contribution in [2.75, 3.05) is 45.9 Å². The number of carbonyl (C=O) groups excluding carboxylic acids is 1. The Bertz CT molecular complexity index is 1390. The number of halogens is 1. The number of piperazine rings is 1. The summed E-state index contributed by atoms with van der Waals surface area (Å²) in [5.41, 5.74) is 0.416. The molecule has 1 aromatic heterocycles. The van der Waals surface area contributed by atoms with Crippen LogP contribution in [0.4, 0.5) is 0 Å². The summed E-state index contributed by atoms with van der Waals surface area (Å²) in [5.74, 6) is -2.30. The topological polar surface area (TPSA) is 156 Å². The van der Waals surface area contributed by atoms with Crippen LogP contribution in [0, 0.1) is 11.3 Å². The van der Waals surface area contributed by atoms with Crippen molar-refractivity contribution in [3.8, 4) is 11.8 Å². The minimum absolute atomic E-state index is 0.0686. The van der Waals surface area contributed by atoms with Gasteiger partial charge in [-0.1, -0.05) is 43.6 Å². The number of amides is 1. The van der Waals surface area contributed by atoms with Gasteiger partial charge in [0.05, 0.1) is 16.8 Å². The van der Waals surface area contributed by atoms with Crippen molar-refractivity contribution < 1.29 is 29.3 Å². The summed E-state index contributed by atoms with van der Waals surface area (Å²) in [4.78, 5) is 43.6. The van der Waals surface area contributed by atoms with E-state index in [-0.39, 0.29) is 22.8 Å². The van der Waals surface area contributed by atoms with Crippen molar-refractivity contribution >= 4 is 35.5 Å². The molecule has 11 nitrogen and oxygen atoms in total. The number of hydrogen-bond acceptors (Lipinski definition) is 8. The molecule has 0 aliphatic carbocycles. The van der Waals surface area contributed by atoms with Gasteiger partial charge < -0.3 is 20.3 Å². The number of aliphatic carboxylic acids is 2. The fourth-order valence-electron chi connectivity index (χ4n) is 4.89. The van der Waals surface area contributed by atoms with Crippen LogP contribution in [0.5, 0.6) is 5.75 Å². The molecule has 0 bridgehead atoms. The SMILES string of the molecule is CCC(CC)(NC(=O)/C(C#N)=C/c1cccc(Cl)n1)c1ccc(OCCN2CCN(C/C(=C/C(=O)O)C(=O)O)CC2)cc1. The number of hydrogen-bond donors (Lipinski definition) is 3. The number of nitriles is 1. The summed E-state index contributed by atoms with van der Waals surface area (Å²) in [6.07, 6.45) is 3.37. The molecule has 0 unspecified atom stereocenters. The van der Waals surface area contributed by atoms with Gasteiger partial charge >= 0.3 is 11.9 Å². The Hall–Kier alpha value is -4.24. The van der Waals surface area contributed by atoms with Gasteiger partial charge in [-0.15, -0.1) is 0 Å². The maximum Gasteiger partial charge on any atom is 0.333 e. The summed E-state index contributed by atoms with van der Waals surface area (Å²) in [7, 11) is 0. The van der Waals surface area contributed by atoms with E-state index in [1.54, 1.807) is 18.2 Å². The Morgan fingerprint density at radius 2 is 1.72 bits per heavy atom. The average Bonchev–Trinajstić information content (AvgIpc) is 2.99. The first-order chi connectivity index (χ1) is 20.6. The molecular formula is C31H36ClN5O6. The van der Waals surface area contributed by atoms with E-state index in [4.69, 9.17) is 21.4 Å². The molecule has 43 heavy (non-hydrogen) atoms. The molecule has 2 heterocycles. The summed E-state index contributed by atoms with van der Waals surface area (Å²) >= 11 is 5.94. The molecule has 0 atom stereocenters. The molecule has 0 spiro atoms. The Morgan fingerprint density at radius 3 is 2.28 bits per heavy atom. The van der Waals surface area contributed by atoms with Crippen LogP contribution in [0.15, 0.2) is 59.7 Å². The molecule has 1 aliphatic heterocycles. The summed E-state index contributed by atoms with van der Waals surface area (Å²) in [6, 6.07) is 14.5. The Balaban J connectivity index is 1.54. The van der Waals surface area contributed by atoms with Gasteiger partial charge in [0.2, 0.25) is 0 Å². The van der Waals surface area contributed by atoms with Crippen molar-refractivity contribution in [2.24, 2.45) is 0 Å². The Morgan fingerprint density at radius 1 is 1.07 bits per heavy atom. The van der Waals surface area contributed by atoms with Crippen LogP contribution >= 0.6 is 11.6 Å². The average molecular weight is 610 g/mol. The first-order valence-electron chi connectivity index (χ1n) is 14.0. The van der Waals surface area contributed by atoms with E-state index in [1.165, 1.54) is 6.08 Å². The fourth-order valence-corrected chi connectivity index (χ4v) is 5.06. The Labute approximate surface area is 256 Å². The van der Waals surface area contributed by atoms with Crippen molar-refractivity contribution in [3.05, 3.63) is 76.1 Å². The summed E-state index contributed by atoms with van der Waals surface area (Å²) < 4.78 is 5.96. The molecule has 1 aromatic carbocycles. The number of rotatable bonds is 14. The van der Waals surface area contributed by atoms with E-state index >= 15 is 0 Å². The zero-order valence-corrected chi connectivity index (χ0v) is 25.0. The van der Waals surface area contributed by atoms with Gasteiger partial charge in [-0.25, -0.2) is 14.6 Å². The van der Waals surface area contributed by atoms with E-state index < -0.39 is 23.4 Å². The molecule has 12 heteroatoms. The second kappa shape index (κ2) is 15.8. The van der Waals surface area contributed by atoms with Crippen LogP contribution in [0.25, 0.3) is 6.08 Å². The molecule has 1 fully saturated rings. The highest BCUT2D eigenvalue weighted by Gasteiger charge is 2.31. The maximum absolute atomic E-state index is 13.1. The number of aromatic nitrogens is 1. The molecule has 1 saturated heterocycles. The number of ether oxygens (including phenoxy) is 1. The van der Waals surface area contributed by atoms with Crippen LogP contribution < -0.4 is 10.1 Å². The number of pyridine rings is 1. The van der Waals surface area contributed by atoms with Gasteiger partial charge in [-0.2, -0.15) is 5.26 Å². The van der Waals surface area contributed by atoms with Crippen LogP contribution in [0.3, 0.4) is 0 Å². The predicted molar refractivity (Wildman–Crippen MR) is 161 cm³/mol. The van der Waals surface area contributed by atoms with E-state index in [9.17, 15) is 24.8 Å². The number of carboxylic acid groups (broad SMARTS) is 2. The van der Waals surface area contributed by atoms with Gasteiger partial charge in [-0.05, 0) is 48.7 Å². The van der Waals surface area contributed by atoms with Crippen molar-refractivity contribution in [3.63, 3.8) is 0 Å². The smallest absolute Gasteiger partial charge is 0.333 e. The second-order valence-electron chi connectivity index (χ2n) is 10.1. The quantitative estimate of drug-likeness (QED) is 0.164. The maximum atomic E-state index is 13.1. The molecule has 0 radical (unpaired) electrons. The molecule has 3 rings (SSSR count). The van der Waals surface area contributed by atoms with Gasteiger partial charge in [0.15, 0.2) is 0 Å². The minimum atomic E-state index is -1.27. The first-order valence-corrected chi connectivity index (χ1v) is 14.4. The van der Waals surface area contributed by atoms with Crippen molar-refractivity contribution in [1.82, 2.24) is 20.1 Å². The highest BCUT2D eigenvalue weighted by atomic mass is 35.5. The zero-order chi connectivity index (χ0) is 31.4. The molecule has 228 valence electrons. The largest absolute Gasteiger partial charge is 0.492 e. The van der Waals surface area contributed by atoms with Gasteiger partial charge in [-0.3, -0.25) is 14.6 Å². The van der Waals surface area contributed by atoms with Gasteiger partial charge in [0.1, 0.15) is 29.2 Å². The zero-order valence-electron chi connectivity index (χ0n) is 24.3. The monoisotopic (exact) mass is 609 g/mol. The van der Waals surface area contributed by atoms with Crippen LogP contribution in [0.2, 0.25) is 5.15 Å². The van der Waals surface area contributed by atoms with Crippen LogP contribution in [0.1, 0.15) is 37.9 Å². The highest BCUT2D eigenvalue weighted by Crippen LogP contribution is 2.31. The third-order valence-corrected chi connectivity index (χ3v) is 7.68. The molecule has 0 saturated carbocycles. The summed E-state index contributed by atoms with van der Waals surface area (Å²) in [6.45, 7) is 7.85. The van der Waals surface area contributed by atoms with E-state index in [0.717, 1.165) is 11.6 Å². The number of carbonyl (C=O) groups is 3. The van der Waals surface area contributed by atoms with Crippen LogP contribution in [-0.2, 0) is 19.9 Å². The van der Waals surface area contributed by atoms with Crippen molar-refractivity contribution in [2.45, 2.75) is 32.2 Å². The van der Waals surface area contributed by atoms with Gasteiger partial charge in [0, 0.05) is 45.3 Å². The standard InChI is InChI=1S/C31H36ClN5O6/c1-3-31(4-2,35-29(40)22(20-33)18-25-6-5-7-27(32)34-25)24-8-10-26(11-9-24)43-17-16-36-12-14-37(15-13-36)21-23(30(41)42)19-28(38)39/h5-11,18-19H,3-4,12-17,21H2,1-2H3,(H,35,40)(H,38,39)(H,41,42)/b22-18+,23-19-. The van der Waals surface area contributed by atoms with E-state index in [2.05, 4.69) is 15.2 Å². The van der Waals surface area contributed by atoms with Crippen molar-refractivity contribution in [1.29, 1.82) is 5.26 Å². The third-order valence-electron chi connectivity index (χ3n) is 7.47. The molecule has 1 amide bonds. The summed E-state index contributed by atoms with van der Waals surface area (Å²) in [5, 5.41) is 31.1.